The lowest BCUT2D eigenvalue weighted by Crippen LogP contribution is -1.92. The summed E-state index contributed by atoms with van der Waals surface area (Å²) in [7, 11) is 0. The van der Waals surface area contributed by atoms with Crippen molar-refractivity contribution in [3.63, 3.8) is 0 Å². The summed E-state index contributed by atoms with van der Waals surface area (Å²) in [5.74, 6) is 0. The van der Waals surface area contributed by atoms with Gasteiger partial charge in [0.05, 0.1) is 0 Å². The van der Waals surface area contributed by atoms with Crippen LogP contribution >= 0.6 is 11.3 Å². The molecule has 1 aromatic heterocycles. The van der Waals surface area contributed by atoms with E-state index in [1.807, 2.05) is 11.3 Å². The van der Waals surface area contributed by atoms with Gasteiger partial charge in [-0.15, -0.1) is 11.3 Å². The molecule has 0 aliphatic carbocycles. The third-order valence-electron chi connectivity index (χ3n) is 11.8. The summed E-state index contributed by atoms with van der Waals surface area (Å²) in [5.41, 5.74) is 7.57. The van der Waals surface area contributed by atoms with Crippen LogP contribution in [0.25, 0.3) is 118 Å². The summed E-state index contributed by atoms with van der Waals surface area (Å²) < 4.78 is 2.73. The van der Waals surface area contributed by atoms with Crippen molar-refractivity contribution in [2.45, 2.75) is 0 Å². The lowest BCUT2D eigenvalue weighted by atomic mass is 9.83. The molecule has 0 bridgehead atoms. The van der Waals surface area contributed by atoms with Gasteiger partial charge < -0.3 is 0 Å². The van der Waals surface area contributed by atoms with Crippen LogP contribution in [0, 0.1) is 0 Å². The Kier molecular flexibility index (Phi) is 6.60. The molecule has 0 aliphatic rings. The summed E-state index contributed by atoms with van der Waals surface area (Å²) in [5, 5.41) is 18.2. The van der Waals surface area contributed by atoms with Gasteiger partial charge in [0.25, 0.3) is 0 Å². The molecule has 1 heteroatoms. The lowest BCUT2D eigenvalue weighted by Gasteiger charge is -2.19. The Labute approximate surface area is 322 Å². The zero-order valence-corrected chi connectivity index (χ0v) is 30.7. The second kappa shape index (κ2) is 11.9. The molecule has 12 rings (SSSR count). The van der Waals surface area contributed by atoms with E-state index in [0.29, 0.717) is 0 Å². The number of fused-ring (bicyclic) bond motifs is 13. The Bertz CT molecular complexity index is 3480. The van der Waals surface area contributed by atoms with Crippen LogP contribution in [-0.2, 0) is 0 Å². The molecule has 0 aliphatic heterocycles. The normalized spacial score (nSPS) is 12.0. The average Bonchev–Trinajstić information content (AvgIpc) is 3.66. The molecular formula is C54H32S. The third kappa shape index (κ3) is 4.45. The van der Waals surface area contributed by atoms with Crippen molar-refractivity contribution < 1.29 is 0 Å². The lowest BCUT2D eigenvalue weighted by molar-refractivity contribution is 1.66. The molecule has 0 atom stereocenters. The maximum atomic E-state index is 2.44. The fourth-order valence-electron chi connectivity index (χ4n) is 9.45. The van der Waals surface area contributed by atoms with Gasteiger partial charge in [-0.3, -0.25) is 0 Å². The molecule has 55 heavy (non-hydrogen) atoms. The molecule has 0 radical (unpaired) electrons. The second-order valence-electron chi connectivity index (χ2n) is 14.7. The van der Waals surface area contributed by atoms with Gasteiger partial charge in [0.15, 0.2) is 0 Å². The molecule has 0 saturated heterocycles. The van der Waals surface area contributed by atoms with Crippen LogP contribution in [0.5, 0.6) is 0 Å². The number of hydrogen-bond acceptors (Lipinski definition) is 1. The number of benzene rings is 11. The van der Waals surface area contributed by atoms with E-state index in [-0.39, 0.29) is 0 Å². The summed E-state index contributed by atoms with van der Waals surface area (Å²) in [6, 6.07) is 72.0. The molecule has 0 N–H and O–H groups in total. The largest absolute Gasteiger partial charge is 0.134 e. The first kappa shape index (κ1) is 30.6. The van der Waals surface area contributed by atoms with E-state index in [0.717, 1.165) is 0 Å². The molecule has 0 nitrogen and oxygen atoms in total. The SMILES string of the molecule is c1ccc(-c2c3ccccc3c(-c3ccc(-c4ccc5c(c4)c4ccccc4c4c6ccc7ccccc7c6sc54)c4ccccc34)c3ccccc23)cc1. The number of rotatable bonds is 3. The molecular weight excluding hydrogens is 681 g/mol. The minimum absolute atomic E-state index is 1.24. The summed E-state index contributed by atoms with van der Waals surface area (Å²) in [6.45, 7) is 0. The van der Waals surface area contributed by atoms with Crippen molar-refractivity contribution >= 4 is 96.1 Å². The first-order chi connectivity index (χ1) is 27.3. The van der Waals surface area contributed by atoms with Gasteiger partial charge in [-0.2, -0.15) is 0 Å². The highest BCUT2D eigenvalue weighted by molar-refractivity contribution is 7.27. The van der Waals surface area contributed by atoms with Gasteiger partial charge >= 0.3 is 0 Å². The first-order valence-corrected chi connectivity index (χ1v) is 19.8. The van der Waals surface area contributed by atoms with Gasteiger partial charge in [-0.25, -0.2) is 0 Å². The van der Waals surface area contributed by atoms with Crippen molar-refractivity contribution in [2.75, 3.05) is 0 Å². The molecule has 11 aromatic carbocycles. The van der Waals surface area contributed by atoms with Crippen LogP contribution in [0.1, 0.15) is 0 Å². The van der Waals surface area contributed by atoms with Crippen LogP contribution in [0.15, 0.2) is 194 Å². The molecule has 0 amide bonds. The average molecular weight is 713 g/mol. The van der Waals surface area contributed by atoms with Crippen LogP contribution in [0.2, 0.25) is 0 Å². The zero-order valence-electron chi connectivity index (χ0n) is 29.9. The Hall–Kier alpha value is -6.80. The van der Waals surface area contributed by atoms with Crippen molar-refractivity contribution in [1.29, 1.82) is 0 Å². The Morgan fingerprint density at radius 2 is 0.782 bits per heavy atom. The molecule has 0 spiro atoms. The summed E-state index contributed by atoms with van der Waals surface area (Å²) >= 11 is 1.94. The fraction of sp³-hybridized carbons (Fsp3) is 0. The van der Waals surface area contributed by atoms with Gasteiger partial charge in [0.1, 0.15) is 0 Å². The molecule has 0 unspecified atom stereocenters. The minimum atomic E-state index is 1.24. The van der Waals surface area contributed by atoms with E-state index in [1.54, 1.807) is 0 Å². The predicted octanol–water partition coefficient (Wildman–Crippen LogP) is 16.0. The Morgan fingerprint density at radius 3 is 1.49 bits per heavy atom. The van der Waals surface area contributed by atoms with Gasteiger partial charge in [0, 0.05) is 25.6 Å². The second-order valence-corrected chi connectivity index (χ2v) is 15.7. The van der Waals surface area contributed by atoms with Gasteiger partial charge in [-0.1, -0.05) is 188 Å². The summed E-state index contributed by atoms with van der Waals surface area (Å²) in [6.07, 6.45) is 0. The van der Waals surface area contributed by atoms with E-state index in [4.69, 9.17) is 0 Å². The van der Waals surface area contributed by atoms with Crippen LogP contribution in [0.3, 0.4) is 0 Å². The highest BCUT2D eigenvalue weighted by Gasteiger charge is 2.20. The van der Waals surface area contributed by atoms with E-state index in [1.165, 1.54) is 118 Å². The highest BCUT2D eigenvalue weighted by atomic mass is 32.1. The monoisotopic (exact) mass is 712 g/mol. The maximum Gasteiger partial charge on any atom is 0.0440 e. The topological polar surface area (TPSA) is 0 Å². The molecule has 254 valence electrons. The van der Waals surface area contributed by atoms with E-state index in [9.17, 15) is 0 Å². The van der Waals surface area contributed by atoms with Crippen molar-refractivity contribution in [1.82, 2.24) is 0 Å². The summed E-state index contributed by atoms with van der Waals surface area (Å²) in [4.78, 5) is 0. The minimum Gasteiger partial charge on any atom is -0.134 e. The highest BCUT2D eigenvalue weighted by Crippen LogP contribution is 2.49. The van der Waals surface area contributed by atoms with Crippen molar-refractivity contribution in [2.24, 2.45) is 0 Å². The van der Waals surface area contributed by atoms with Gasteiger partial charge in [0.2, 0.25) is 0 Å². The molecule has 12 aromatic rings. The van der Waals surface area contributed by atoms with E-state index < -0.39 is 0 Å². The molecule has 1 heterocycles. The molecule has 0 saturated carbocycles. The maximum absolute atomic E-state index is 2.44. The van der Waals surface area contributed by atoms with Crippen molar-refractivity contribution in [3.8, 4) is 33.4 Å². The third-order valence-corrected chi connectivity index (χ3v) is 13.1. The zero-order chi connectivity index (χ0) is 36.0. The standard InChI is InChI=1S/C54H32S/c1-2-15-34(16-3-1)50-42-22-10-12-24-44(42)51(45-25-13-11-23-43(45)50)46-31-30-36(38-18-6-7-19-39(38)46)35-27-28-47-49(32-35)40-20-8-9-21-41(40)52-48-29-26-33-14-4-5-17-37(33)53(48)55-54(47)52/h1-32H. The van der Waals surface area contributed by atoms with E-state index >= 15 is 0 Å². The molecule has 0 fully saturated rings. The first-order valence-electron chi connectivity index (χ1n) is 19.0. The Morgan fingerprint density at radius 1 is 0.255 bits per heavy atom. The van der Waals surface area contributed by atoms with Crippen molar-refractivity contribution in [3.05, 3.63) is 194 Å². The number of thiophene rings is 1. The fourth-order valence-corrected chi connectivity index (χ4v) is 10.8. The number of hydrogen-bond donors (Lipinski definition) is 0. The van der Waals surface area contributed by atoms with Crippen LogP contribution < -0.4 is 0 Å². The quantitative estimate of drug-likeness (QED) is 0.126. The predicted molar refractivity (Wildman–Crippen MR) is 241 cm³/mol. The van der Waals surface area contributed by atoms with Crippen LogP contribution in [0.4, 0.5) is 0 Å². The Balaban J connectivity index is 1.12. The van der Waals surface area contributed by atoms with Gasteiger partial charge in [-0.05, 0) is 98.7 Å². The van der Waals surface area contributed by atoms with E-state index in [2.05, 4.69) is 194 Å². The van der Waals surface area contributed by atoms with Crippen LogP contribution in [-0.4, -0.2) is 0 Å². The smallest absolute Gasteiger partial charge is 0.0440 e.